The van der Waals surface area contributed by atoms with E-state index in [1.165, 1.54) is 17.9 Å². The van der Waals surface area contributed by atoms with Gasteiger partial charge in [-0.25, -0.2) is 4.79 Å². The fourth-order valence-corrected chi connectivity index (χ4v) is 2.67. The predicted octanol–water partition coefficient (Wildman–Crippen LogP) is -0.232. The molecule has 3 rings (SSSR count). The topological polar surface area (TPSA) is 149 Å². The Bertz CT molecular complexity index is 1060. The maximum Gasteiger partial charge on any atom is 0.354 e. The highest BCUT2D eigenvalue weighted by Crippen LogP contribution is 2.17. The van der Waals surface area contributed by atoms with E-state index in [1.54, 1.807) is 31.2 Å². The van der Waals surface area contributed by atoms with Gasteiger partial charge in [0.15, 0.2) is 5.69 Å². The first kappa shape index (κ1) is 18.8. The number of hydrogen-bond donors (Lipinski definition) is 3. The van der Waals surface area contributed by atoms with E-state index in [-0.39, 0.29) is 29.2 Å². The number of nitrogens with one attached hydrogen (secondary N) is 2. The zero-order valence-electron chi connectivity index (χ0n) is 15.4. The summed E-state index contributed by atoms with van der Waals surface area (Å²) in [4.78, 5) is 36.4. The van der Waals surface area contributed by atoms with E-state index < -0.39 is 17.8 Å². The smallest absolute Gasteiger partial charge is 0.354 e. The lowest BCUT2D eigenvalue weighted by Crippen LogP contribution is -2.27. The Hall–Kier alpha value is -3.96. The van der Waals surface area contributed by atoms with Crippen LogP contribution in [-0.4, -0.2) is 52.2 Å². The molecule has 0 fully saturated rings. The Kier molecular flexibility index (Phi) is 4.94. The van der Waals surface area contributed by atoms with Crippen LogP contribution in [0.2, 0.25) is 0 Å². The minimum Gasteiger partial charge on any atom is -0.477 e. The van der Waals surface area contributed by atoms with E-state index in [0.717, 1.165) is 16.4 Å². The van der Waals surface area contributed by atoms with Crippen LogP contribution in [0.3, 0.4) is 0 Å². The number of carboxylic acids is 1. The summed E-state index contributed by atoms with van der Waals surface area (Å²) in [5, 5.41) is 26.3. The average molecular weight is 386 g/mol. The van der Waals surface area contributed by atoms with Crippen LogP contribution in [-0.2, 0) is 27.7 Å². The van der Waals surface area contributed by atoms with Gasteiger partial charge in [0.1, 0.15) is 5.69 Å². The highest BCUT2D eigenvalue weighted by molar-refractivity contribution is 6.12. The minimum absolute atomic E-state index is 0.123. The largest absolute Gasteiger partial charge is 0.477 e. The van der Waals surface area contributed by atoms with Crippen LogP contribution in [0.15, 0.2) is 24.8 Å². The first-order valence-corrected chi connectivity index (χ1v) is 8.12. The summed E-state index contributed by atoms with van der Waals surface area (Å²) < 4.78 is 4.02. The zero-order chi connectivity index (χ0) is 20.4. The number of aromatic nitrogens is 6. The maximum atomic E-state index is 12.6. The quantitative estimate of drug-likeness (QED) is 0.529. The monoisotopic (exact) mass is 386 g/mol. The molecule has 3 N–H and O–H groups in total. The molecule has 0 unspecified atom stereocenters. The molecule has 3 heterocycles. The first-order valence-electron chi connectivity index (χ1n) is 8.12. The van der Waals surface area contributed by atoms with Gasteiger partial charge in [-0.3, -0.25) is 23.6 Å². The molecular formula is C16H18N8O4. The second-order valence-corrected chi connectivity index (χ2v) is 6.03. The van der Waals surface area contributed by atoms with Gasteiger partial charge in [0.25, 0.3) is 11.8 Å². The highest BCUT2D eigenvalue weighted by Gasteiger charge is 2.24. The van der Waals surface area contributed by atoms with Gasteiger partial charge in [0, 0.05) is 39.4 Å². The number of carbonyl (C=O) groups is 3. The number of anilines is 1. The van der Waals surface area contributed by atoms with Gasteiger partial charge in [-0.15, -0.1) is 0 Å². The first-order chi connectivity index (χ1) is 13.3. The Morgan fingerprint density at radius 1 is 0.964 bits per heavy atom. The van der Waals surface area contributed by atoms with E-state index >= 15 is 0 Å². The zero-order valence-corrected chi connectivity index (χ0v) is 15.4. The van der Waals surface area contributed by atoms with Gasteiger partial charge in [0.2, 0.25) is 0 Å². The molecule has 0 radical (unpaired) electrons. The number of nitrogens with zero attached hydrogens (tertiary/aromatic N) is 6. The Morgan fingerprint density at radius 3 is 2.29 bits per heavy atom. The van der Waals surface area contributed by atoms with E-state index in [4.69, 9.17) is 0 Å². The van der Waals surface area contributed by atoms with Gasteiger partial charge >= 0.3 is 5.97 Å². The fourth-order valence-electron chi connectivity index (χ4n) is 2.67. The van der Waals surface area contributed by atoms with Crippen molar-refractivity contribution in [3.8, 4) is 0 Å². The van der Waals surface area contributed by atoms with Crippen LogP contribution in [0.4, 0.5) is 5.69 Å². The molecule has 3 aromatic rings. The Balaban J connectivity index is 1.78. The number of rotatable bonds is 6. The molecule has 0 aliphatic carbocycles. The molecule has 0 aliphatic rings. The molecule has 28 heavy (non-hydrogen) atoms. The fraction of sp³-hybridized carbons (Fsp3) is 0.250. The summed E-state index contributed by atoms with van der Waals surface area (Å²) in [6, 6.07) is 0. The maximum absolute atomic E-state index is 12.6. The van der Waals surface area contributed by atoms with E-state index in [0.29, 0.717) is 0 Å². The third kappa shape index (κ3) is 3.60. The molecule has 146 valence electrons. The lowest BCUT2D eigenvalue weighted by atomic mass is 10.2. The number of aromatic carboxylic acids is 1. The number of amides is 2. The molecule has 0 spiro atoms. The summed E-state index contributed by atoms with van der Waals surface area (Å²) in [6.45, 7) is 0.247. The molecule has 2 amide bonds. The molecule has 0 atom stereocenters. The van der Waals surface area contributed by atoms with Crippen LogP contribution in [0, 0.1) is 0 Å². The highest BCUT2D eigenvalue weighted by atomic mass is 16.4. The van der Waals surface area contributed by atoms with E-state index in [9.17, 15) is 19.5 Å². The average Bonchev–Trinajstić information content (AvgIpc) is 3.32. The standard InChI is InChI=1S/C16H18N8O4/c1-22-8-9(5-18-22)4-17-15(26)13-11(7-20-24(13)3)21-14(25)10-6-19-23(2)12(10)16(27)28/h5-8H,4H2,1-3H3,(H,17,26)(H,21,25)(H,27,28). The summed E-state index contributed by atoms with van der Waals surface area (Å²) in [6.07, 6.45) is 5.86. The minimum atomic E-state index is -1.29. The van der Waals surface area contributed by atoms with Gasteiger partial charge in [-0.1, -0.05) is 0 Å². The summed E-state index contributed by atoms with van der Waals surface area (Å²) in [5.74, 6) is -2.45. The molecule has 0 bridgehead atoms. The van der Waals surface area contributed by atoms with Crippen LogP contribution in [0.1, 0.15) is 36.9 Å². The van der Waals surface area contributed by atoms with Gasteiger partial charge < -0.3 is 15.7 Å². The molecule has 3 aromatic heterocycles. The molecule has 12 heteroatoms. The van der Waals surface area contributed by atoms with E-state index in [1.807, 2.05) is 0 Å². The SMILES string of the molecule is Cn1cc(CNC(=O)c2c(NC(=O)c3cnn(C)c3C(=O)O)cnn2C)cn1. The predicted molar refractivity (Wildman–Crippen MR) is 95.7 cm³/mol. The van der Waals surface area contributed by atoms with Crippen molar-refractivity contribution in [1.29, 1.82) is 0 Å². The van der Waals surface area contributed by atoms with Crippen LogP contribution in [0.5, 0.6) is 0 Å². The number of aryl methyl sites for hydroxylation is 3. The molecule has 0 aromatic carbocycles. The molecule has 0 aliphatic heterocycles. The Labute approximate surface area is 158 Å². The van der Waals surface area contributed by atoms with Crippen LogP contribution < -0.4 is 10.6 Å². The van der Waals surface area contributed by atoms with Gasteiger partial charge in [-0.05, 0) is 0 Å². The van der Waals surface area contributed by atoms with Crippen molar-refractivity contribution >= 4 is 23.5 Å². The molecule has 12 nitrogen and oxygen atoms in total. The van der Waals surface area contributed by atoms with Crippen molar-refractivity contribution in [2.45, 2.75) is 6.54 Å². The third-order valence-corrected chi connectivity index (χ3v) is 4.00. The number of carbonyl (C=O) groups excluding carboxylic acids is 2. The van der Waals surface area contributed by atoms with E-state index in [2.05, 4.69) is 25.9 Å². The lowest BCUT2D eigenvalue weighted by Gasteiger charge is -2.08. The number of carboxylic acid groups (broad SMARTS) is 1. The third-order valence-electron chi connectivity index (χ3n) is 4.00. The van der Waals surface area contributed by atoms with Crippen molar-refractivity contribution < 1.29 is 19.5 Å². The normalized spacial score (nSPS) is 10.7. The molecule has 0 saturated heterocycles. The second kappa shape index (κ2) is 7.34. The van der Waals surface area contributed by atoms with Crippen LogP contribution in [0.25, 0.3) is 0 Å². The Morgan fingerprint density at radius 2 is 1.64 bits per heavy atom. The number of hydrogen-bond acceptors (Lipinski definition) is 6. The van der Waals surface area contributed by atoms with Gasteiger partial charge in [0.05, 0.1) is 29.8 Å². The van der Waals surface area contributed by atoms with Crippen LogP contribution >= 0.6 is 0 Å². The molecular weight excluding hydrogens is 368 g/mol. The lowest BCUT2D eigenvalue weighted by molar-refractivity contribution is 0.0680. The van der Waals surface area contributed by atoms with Crippen molar-refractivity contribution in [3.63, 3.8) is 0 Å². The van der Waals surface area contributed by atoms with Crippen molar-refractivity contribution in [2.75, 3.05) is 5.32 Å². The van der Waals surface area contributed by atoms with Crippen molar-refractivity contribution in [2.24, 2.45) is 21.1 Å². The van der Waals surface area contributed by atoms with Gasteiger partial charge in [-0.2, -0.15) is 15.3 Å². The summed E-state index contributed by atoms with van der Waals surface area (Å²) >= 11 is 0. The van der Waals surface area contributed by atoms with Crippen molar-refractivity contribution in [1.82, 2.24) is 34.7 Å². The molecule has 0 saturated carbocycles. The summed E-state index contributed by atoms with van der Waals surface area (Å²) in [5.41, 5.74) is 0.698. The van der Waals surface area contributed by atoms with Crippen molar-refractivity contribution in [3.05, 3.63) is 47.3 Å². The second-order valence-electron chi connectivity index (χ2n) is 6.03. The summed E-state index contributed by atoms with van der Waals surface area (Å²) in [7, 11) is 4.74.